The van der Waals surface area contributed by atoms with Gasteiger partial charge in [0.2, 0.25) is 0 Å². The first-order valence-electron chi connectivity index (χ1n) is 9.48. The highest BCUT2D eigenvalue weighted by molar-refractivity contribution is 5.98. The number of hydrogen-bond acceptors (Lipinski definition) is 5. The maximum absolute atomic E-state index is 12.4. The van der Waals surface area contributed by atoms with Crippen molar-refractivity contribution in [1.82, 2.24) is 15.6 Å². The largest absolute Gasteiger partial charge is 0.504 e. The molecule has 0 fully saturated rings. The molecule has 4 rings (SSSR count). The van der Waals surface area contributed by atoms with E-state index >= 15 is 0 Å². The number of phenolic OH excluding ortho intramolecular Hbond substituents is 1. The maximum atomic E-state index is 12.4. The van der Waals surface area contributed by atoms with Gasteiger partial charge in [-0.15, -0.1) is 0 Å². The summed E-state index contributed by atoms with van der Waals surface area (Å²) in [5, 5.41) is 22.9. The van der Waals surface area contributed by atoms with Crippen LogP contribution in [0.5, 0.6) is 11.5 Å². The molecule has 3 N–H and O–H groups in total. The predicted molar refractivity (Wildman–Crippen MR) is 116 cm³/mol. The van der Waals surface area contributed by atoms with Crippen LogP contribution in [0.1, 0.15) is 23.0 Å². The van der Waals surface area contributed by atoms with Crippen molar-refractivity contribution in [3.8, 4) is 22.8 Å². The standard InChI is InChI=1S/C23H20N4O3/c1-2-30-22-12-15(10-11-21(22)28)14-24-27-23(29)20-13-19(25-26-20)18-9-5-7-16-6-3-4-8-17(16)18/h3-14,28H,2H2,1H3,(H,25,26)(H,27,29)/b24-14+. The van der Waals surface area contributed by atoms with Gasteiger partial charge in [0.05, 0.1) is 18.5 Å². The second kappa shape index (κ2) is 8.48. The second-order valence-corrected chi connectivity index (χ2v) is 6.55. The number of carbonyl (C=O) groups excluding carboxylic acids is 1. The van der Waals surface area contributed by atoms with E-state index in [0.717, 1.165) is 16.3 Å². The van der Waals surface area contributed by atoms with Gasteiger partial charge in [-0.3, -0.25) is 9.89 Å². The molecule has 0 saturated carbocycles. The number of aromatic nitrogens is 2. The highest BCUT2D eigenvalue weighted by Gasteiger charge is 2.12. The Balaban J connectivity index is 1.48. The van der Waals surface area contributed by atoms with Gasteiger partial charge >= 0.3 is 0 Å². The number of phenols is 1. The third-order valence-electron chi connectivity index (χ3n) is 4.55. The minimum atomic E-state index is -0.408. The van der Waals surface area contributed by atoms with Crippen molar-refractivity contribution in [2.24, 2.45) is 5.10 Å². The number of aromatic hydroxyl groups is 1. The van der Waals surface area contributed by atoms with Crippen molar-refractivity contribution in [2.75, 3.05) is 6.61 Å². The summed E-state index contributed by atoms with van der Waals surface area (Å²) in [6.45, 7) is 2.26. The third kappa shape index (κ3) is 4.00. The Bertz CT molecular complexity index is 1220. The van der Waals surface area contributed by atoms with Crippen molar-refractivity contribution < 1.29 is 14.6 Å². The van der Waals surface area contributed by atoms with E-state index in [1.54, 1.807) is 18.2 Å². The summed E-state index contributed by atoms with van der Waals surface area (Å²) in [5.41, 5.74) is 5.08. The lowest BCUT2D eigenvalue weighted by molar-refractivity contribution is 0.0950. The Morgan fingerprint density at radius 1 is 1.17 bits per heavy atom. The quantitative estimate of drug-likeness (QED) is 0.335. The van der Waals surface area contributed by atoms with Gasteiger partial charge in [-0.1, -0.05) is 42.5 Å². The lowest BCUT2D eigenvalue weighted by Crippen LogP contribution is -2.18. The molecule has 0 aliphatic rings. The molecular formula is C23H20N4O3. The van der Waals surface area contributed by atoms with Crippen LogP contribution in [-0.2, 0) is 0 Å². The molecule has 0 bridgehead atoms. The lowest BCUT2D eigenvalue weighted by atomic mass is 10.0. The Hall–Kier alpha value is -4.13. The van der Waals surface area contributed by atoms with E-state index in [-0.39, 0.29) is 5.75 Å². The number of fused-ring (bicyclic) bond motifs is 1. The molecule has 1 heterocycles. The van der Waals surface area contributed by atoms with Crippen LogP contribution in [0.15, 0.2) is 71.8 Å². The summed E-state index contributed by atoms with van der Waals surface area (Å²) >= 11 is 0. The van der Waals surface area contributed by atoms with Gasteiger partial charge < -0.3 is 9.84 Å². The van der Waals surface area contributed by atoms with Crippen LogP contribution >= 0.6 is 0 Å². The molecule has 0 atom stereocenters. The van der Waals surface area contributed by atoms with Crippen LogP contribution < -0.4 is 10.2 Å². The summed E-state index contributed by atoms with van der Waals surface area (Å²) < 4.78 is 5.34. The topological polar surface area (TPSA) is 99.6 Å². The molecule has 0 radical (unpaired) electrons. The second-order valence-electron chi connectivity index (χ2n) is 6.55. The molecule has 1 amide bonds. The first-order valence-corrected chi connectivity index (χ1v) is 9.48. The van der Waals surface area contributed by atoms with Crippen molar-refractivity contribution in [1.29, 1.82) is 0 Å². The maximum Gasteiger partial charge on any atom is 0.289 e. The number of nitrogens with zero attached hydrogens (tertiary/aromatic N) is 2. The van der Waals surface area contributed by atoms with Gasteiger partial charge in [-0.05, 0) is 47.5 Å². The summed E-state index contributed by atoms with van der Waals surface area (Å²) in [6, 6.07) is 20.5. The fraction of sp³-hybridized carbons (Fsp3) is 0.0870. The number of carbonyl (C=O) groups is 1. The number of H-pyrrole nitrogens is 1. The van der Waals surface area contributed by atoms with Crippen LogP contribution in [0, 0.1) is 0 Å². The Labute approximate surface area is 173 Å². The van der Waals surface area contributed by atoms with Crippen LogP contribution in [0.25, 0.3) is 22.0 Å². The summed E-state index contributed by atoms with van der Waals surface area (Å²) in [7, 11) is 0. The molecule has 0 spiro atoms. The summed E-state index contributed by atoms with van der Waals surface area (Å²) in [6.07, 6.45) is 1.47. The van der Waals surface area contributed by atoms with Gasteiger partial charge in [0, 0.05) is 5.56 Å². The lowest BCUT2D eigenvalue weighted by Gasteiger charge is -2.05. The van der Waals surface area contributed by atoms with E-state index in [0.29, 0.717) is 29.3 Å². The molecule has 4 aromatic rings. The number of amides is 1. The molecule has 3 aromatic carbocycles. The first-order chi connectivity index (χ1) is 14.7. The number of ether oxygens (including phenoxy) is 1. The molecule has 0 aliphatic carbocycles. The molecular weight excluding hydrogens is 380 g/mol. The molecule has 150 valence electrons. The monoisotopic (exact) mass is 400 g/mol. The number of rotatable bonds is 6. The number of nitrogens with one attached hydrogen (secondary N) is 2. The predicted octanol–water partition coefficient (Wildman–Crippen LogP) is 4.10. The van der Waals surface area contributed by atoms with Crippen LogP contribution in [0.3, 0.4) is 0 Å². The van der Waals surface area contributed by atoms with Crippen LogP contribution in [0.2, 0.25) is 0 Å². The zero-order valence-electron chi connectivity index (χ0n) is 16.3. The zero-order valence-corrected chi connectivity index (χ0v) is 16.3. The zero-order chi connectivity index (χ0) is 20.9. The molecule has 7 heteroatoms. The fourth-order valence-electron chi connectivity index (χ4n) is 3.13. The van der Waals surface area contributed by atoms with E-state index in [1.165, 1.54) is 12.3 Å². The Morgan fingerprint density at radius 3 is 2.87 bits per heavy atom. The van der Waals surface area contributed by atoms with E-state index < -0.39 is 5.91 Å². The first kappa shape index (κ1) is 19.2. The molecule has 7 nitrogen and oxygen atoms in total. The van der Waals surface area contributed by atoms with E-state index in [9.17, 15) is 9.90 Å². The van der Waals surface area contributed by atoms with E-state index in [2.05, 4.69) is 20.7 Å². The van der Waals surface area contributed by atoms with Gasteiger partial charge in [-0.25, -0.2) is 5.43 Å². The van der Waals surface area contributed by atoms with Gasteiger partial charge in [-0.2, -0.15) is 10.2 Å². The highest BCUT2D eigenvalue weighted by atomic mass is 16.5. The summed E-state index contributed by atoms with van der Waals surface area (Å²) in [5.74, 6) is 0.00609. The van der Waals surface area contributed by atoms with Gasteiger partial charge in [0.1, 0.15) is 5.69 Å². The average molecular weight is 400 g/mol. The molecule has 0 unspecified atom stereocenters. The van der Waals surface area contributed by atoms with Crippen LogP contribution in [-0.4, -0.2) is 34.0 Å². The van der Waals surface area contributed by atoms with Crippen molar-refractivity contribution in [2.45, 2.75) is 6.92 Å². The number of benzene rings is 3. The highest BCUT2D eigenvalue weighted by Crippen LogP contribution is 2.28. The van der Waals surface area contributed by atoms with Crippen LogP contribution in [0.4, 0.5) is 0 Å². The number of aromatic amines is 1. The number of hydrazone groups is 1. The molecule has 1 aromatic heterocycles. The minimum Gasteiger partial charge on any atom is -0.504 e. The number of hydrogen-bond donors (Lipinski definition) is 3. The Kier molecular flexibility index (Phi) is 5.43. The van der Waals surface area contributed by atoms with E-state index in [1.807, 2.05) is 49.4 Å². The summed E-state index contributed by atoms with van der Waals surface area (Å²) in [4.78, 5) is 12.4. The average Bonchev–Trinajstić information content (AvgIpc) is 3.26. The Morgan fingerprint density at radius 2 is 2.00 bits per heavy atom. The van der Waals surface area contributed by atoms with E-state index in [4.69, 9.17) is 4.74 Å². The molecule has 0 aliphatic heterocycles. The van der Waals surface area contributed by atoms with Gasteiger partial charge in [0.25, 0.3) is 5.91 Å². The third-order valence-corrected chi connectivity index (χ3v) is 4.55. The minimum absolute atomic E-state index is 0.0523. The van der Waals surface area contributed by atoms with Crippen molar-refractivity contribution in [3.05, 3.63) is 78.0 Å². The fourth-order valence-corrected chi connectivity index (χ4v) is 3.13. The molecule has 30 heavy (non-hydrogen) atoms. The van der Waals surface area contributed by atoms with Gasteiger partial charge in [0.15, 0.2) is 11.5 Å². The van der Waals surface area contributed by atoms with Crippen molar-refractivity contribution in [3.63, 3.8) is 0 Å². The SMILES string of the molecule is CCOc1cc(/C=N/NC(=O)c2cc(-c3cccc4ccccc34)n[nH]2)ccc1O. The smallest absolute Gasteiger partial charge is 0.289 e. The van der Waals surface area contributed by atoms with Crippen molar-refractivity contribution >= 4 is 22.9 Å². The normalized spacial score (nSPS) is 11.1. The molecule has 0 saturated heterocycles.